The van der Waals surface area contributed by atoms with E-state index in [-0.39, 0.29) is 17.5 Å². The Balaban J connectivity index is 2.25. The molecule has 0 aliphatic rings. The van der Waals surface area contributed by atoms with E-state index >= 15 is 0 Å². The van der Waals surface area contributed by atoms with Crippen LogP contribution in [0.1, 0.15) is 24.1 Å². The summed E-state index contributed by atoms with van der Waals surface area (Å²) in [5.74, 6) is 0.147. The molecule has 0 radical (unpaired) electrons. The molecule has 0 aliphatic carbocycles. The molecule has 0 heterocycles. The van der Waals surface area contributed by atoms with E-state index in [1.54, 1.807) is 12.1 Å². The highest BCUT2D eigenvalue weighted by Crippen LogP contribution is 2.32. The van der Waals surface area contributed by atoms with Crippen molar-refractivity contribution in [2.75, 3.05) is 5.32 Å². The van der Waals surface area contributed by atoms with E-state index in [0.717, 1.165) is 21.3 Å². The highest BCUT2D eigenvalue weighted by atomic mass is 79.9. The summed E-state index contributed by atoms with van der Waals surface area (Å²) in [4.78, 5) is 0. The van der Waals surface area contributed by atoms with Gasteiger partial charge in [0.15, 0.2) is 0 Å². The first-order valence-corrected chi connectivity index (χ1v) is 6.81. The van der Waals surface area contributed by atoms with Gasteiger partial charge in [0.1, 0.15) is 11.5 Å². The molecular weight excluding hydrogens is 306 g/mol. The molecule has 19 heavy (non-hydrogen) atoms. The third-order valence-electron chi connectivity index (χ3n) is 2.97. The van der Waals surface area contributed by atoms with Gasteiger partial charge in [-0.05, 0) is 59.6 Å². The smallest absolute Gasteiger partial charge is 0.124 e. The van der Waals surface area contributed by atoms with E-state index in [9.17, 15) is 10.2 Å². The van der Waals surface area contributed by atoms with Gasteiger partial charge in [0, 0.05) is 21.8 Å². The first-order chi connectivity index (χ1) is 8.97. The molecular formula is C15H16BrNO2. The lowest BCUT2D eigenvalue weighted by Crippen LogP contribution is -2.07. The fourth-order valence-electron chi connectivity index (χ4n) is 1.96. The zero-order valence-electron chi connectivity index (χ0n) is 10.8. The van der Waals surface area contributed by atoms with Crippen LogP contribution in [0.4, 0.5) is 5.69 Å². The van der Waals surface area contributed by atoms with Gasteiger partial charge < -0.3 is 15.5 Å². The number of hydrogen-bond donors (Lipinski definition) is 3. The van der Waals surface area contributed by atoms with E-state index in [2.05, 4.69) is 21.2 Å². The second kappa shape index (κ2) is 5.53. The molecule has 0 fully saturated rings. The Kier molecular flexibility index (Phi) is 4.00. The normalized spacial score (nSPS) is 12.2. The minimum atomic E-state index is -0.0706. The summed E-state index contributed by atoms with van der Waals surface area (Å²) >= 11 is 3.50. The number of nitrogens with one attached hydrogen (secondary N) is 1. The summed E-state index contributed by atoms with van der Waals surface area (Å²) < 4.78 is 0.975. The average Bonchev–Trinajstić information content (AvgIpc) is 2.33. The SMILES string of the molecule is Cc1ccc(Br)c(NC(C)c2ccc(O)cc2O)c1. The predicted molar refractivity (Wildman–Crippen MR) is 80.7 cm³/mol. The number of benzene rings is 2. The summed E-state index contributed by atoms with van der Waals surface area (Å²) in [6.07, 6.45) is 0. The number of hydrogen-bond acceptors (Lipinski definition) is 3. The fraction of sp³-hybridized carbons (Fsp3) is 0.200. The van der Waals surface area contributed by atoms with Crippen molar-refractivity contribution in [1.29, 1.82) is 0 Å². The van der Waals surface area contributed by atoms with Gasteiger partial charge in [-0.1, -0.05) is 6.07 Å². The highest BCUT2D eigenvalue weighted by molar-refractivity contribution is 9.10. The Labute approximate surface area is 121 Å². The van der Waals surface area contributed by atoms with Crippen LogP contribution < -0.4 is 5.32 Å². The van der Waals surface area contributed by atoms with E-state index in [1.165, 1.54) is 6.07 Å². The monoisotopic (exact) mass is 321 g/mol. The Morgan fingerprint density at radius 1 is 1.11 bits per heavy atom. The summed E-state index contributed by atoms with van der Waals surface area (Å²) in [5, 5.41) is 22.5. The molecule has 3 N–H and O–H groups in total. The van der Waals surface area contributed by atoms with Crippen LogP contribution in [0, 0.1) is 6.92 Å². The van der Waals surface area contributed by atoms with Gasteiger partial charge in [-0.2, -0.15) is 0 Å². The van der Waals surface area contributed by atoms with Crippen molar-refractivity contribution in [3.63, 3.8) is 0 Å². The van der Waals surface area contributed by atoms with Crippen molar-refractivity contribution >= 4 is 21.6 Å². The lowest BCUT2D eigenvalue weighted by atomic mass is 10.1. The number of aromatic hydroxyl groups is 2. The molecule has 0 amide bonds. The maximum atomic E-state index is 9.85. The number of anilines is 1. The fourth-order valence-corrected chi connectivity index (χ4v) is 2.32. The first kappa shape index (κ1) is 13.7. The van der Waals surface area contributed by atoms with Crippen LogP contribution in [0.5, 0.6) is 11.5 Å². The molecule has 0 aliphatic heterocycles. The summed E-state index contributed by atoms with van der Waals surface area (Å²) in [5.41, 5.74) is 2.87. The lowest BCUT2D eigenvalue weighted by Gasteiger charge is -2.18. The van der Waals surface area contributed by atoms with E-state index in [4.69, 9.17) is 0 Å². The summed E-state index contributed by atoms with van der Waals surface area (Å²) in [7, 11) is 0. The standard InChI is InChI=1S/C15H16BrNO2/c1-9-3-6-13(16)14(7-9)17-10(2)12-5-4-11(18)8-15(12)19/h3-8,10,17-19H,1-2H3. The van der Waals surface area contributed by atoms with Crippen molar-refractivity contribution in [2.45, 2.75) is 19.9 Å². The molecule has 1 unspecified atom stereocenters. The van der Waals surface area contributed by atoms with Crippen molar-refractivity contribution in [3.05, 3.63) is 52.0 Å². The zero-order valence-corrected chi connectivity index (χ0v) is 12.4. The Morgan fingerprint density at radius 3 is 2.53 bits per heavy atom. The Hall–Kier alpha value is -1.68. The van der Waals surface area contributed by atoms with Crippen LogP contribution in [-0.2, 0) is 0 Å². The topological polar surface area (TPSA) is 52.5 Å². The van der Waals surface area contributed by atoms with Crippen LogP contribution in [0.25, 0.3) is 0 Å². The van der Waals surface area contributed by atoms with Crippen molar-refractivity contribution in [3.8, 4) is 11.5 Å². The summed E-state index contributed by atoms with van der Waals surface area (Å²) in [6.45, 7) is 3.99. The minimum absolute atomic E-state index is 0.0604. The highest BCUT2D eigenvalue weighted by Gasteiger charge is 2.12. The number of phenolic OH excluding ortho intramolecular Hbond substituents is 2. The third kappa shape index (κ3) is 3.20. The first-order valence-electron chi connectivity index (χ1n) is 6.02. The van der Waals surface area contributed by atoms with Crippen molar-refractivity contribution < 1.29 is 10.2 Å². The number of rotatable bonds is 3. The van der Waals surface area contributed by atoms with Gasteiger partial charge in [-0.3, -0.25) is 0 Å². The van der Waals surface area contributed by atoms with Gasteiger partial charge in [0.25, 0.3) is 0 Å². The van der Waals surface area contributed by atoms with Crippen LogP contribution in [-0.4, -0.2) is 10.2 Å². The molecule has 0 aromatic heterocycles. The molecule has 100 valence electrons. The summed E-state index contributed by atoms with van der Waals surface area (Å²) in [6, 6.07) is 10.6. The van der Waals surface area contributed by atoms with E-state index in [0.29, 0.717) is 0 Å². The molecule has 2 aromatic carbocycles. The molecule has 3 nitrogen and oxygen atoms in total. The molecule has 4 heteroatoms. The lowest BCUT2D eigenvalue weighted by molar-refractivity contribution is 0.444. The van der Waals surface area contributed by atoms with Gasteiger partial charge in [-0.15, -0.1) is 0 Å². The number of phenols is 2. The Bertz CT molecular complexity index is 599. The molecule has 0 bridgehead atoms. The second-order valence-electron chi connectivity index (χ2n) is 4.59. The molecule has 0 saturated carbocycles. The van der Waals surface area contributed by atoms with Crippen LogP contribution in [0.15, 0.2) is 40.9 Å². The van der Waals surface area contributed by atoms with Gasteiger partial charge in [0.2, 0.25) is 0 Å². The number of aryl methyl sites for hydroxylation is 1. The molecule has 1 atom stereocenters. The predicted octanol–water partition coefficient (Wildman–Crippen LogP) is 4.34. The van der Waals surface area contributed by atoms with Crippen LogP contribution >= 0.6 is 15.9 Å². The number of halogens is 1. The zero-order chi connectivity index (χ0) is 14.0. The minimum Gasteiger partial charge on any atom is -0.508 e. The third-order valence-corrected chi connectivity index (χ3v) is 3.67. The molecule has 0 saturated heterocycles. The maximum absolute atomic E-state index is 9.85. The maximum Gasteiger partial charge on any atom is 0.124 e. The van der Waals surface area contributed by atoms with E-state index in [1.807, 2.05) is 32.0 Å². The largest absolute Gasteiger partial charge is 0.508 e. The average molecular weight is 322 g/mol. The quantitative estimate of drug-likeness (QED) is 0.788. The van der Waals surface area contributed by atoms with Crippen LogP contribution in [0.3, 0.4) is 0 Å². The molecule has 0 spiro atoms. The van der Waals surface area contributed by atoms with E-state index < -0.39 is 0 Å². The van der Waals surface area contributed by atoms with Crippen molar-refractivity contribution in [2.24, 2.45) is 0 Å². The van der Waals surface area contributed by atoms with Crippen LogP contribution in [0.2, 0.25) is 0 Å². The second-order valence-corrected chi connectivity index (χ2v) is 5.45. The molecule has 2 aromatic rings. The van der Waals surface area contributed by atoms with Gasteiger partial charge in [-0.25, -0.2) is 0 Å². The molecule has 2 rings (SSSR count). The van der Waals surface area contributed by atoms with Gasteiger partial charge >= 0.3 is 0 Å². The Morgan fingerprint density at radius 2 is 1.84 bits per heavy atom. The van der Waals surface area contributed by atoms with Crippen molar-refractivity contribution in [1.82, 2.24) is 0 Å². The van der Waals surface area contributed by atoms with Gasteiger partial charge in [0.05, 0.1) is 6.04 Å².